The van der Waals surface area contributed by atoms with Crippen LogP contribution in [0.2, 0.25) is 5.02 Å². The van der Waals surface area contributed by atoms with E-state index < -0.39 is 5.60 Å². The first-order valence-corrected chi connectivity index (χ1v) is 14.5. The zero-order valence-electron chi connectivity index (χ0n) is 22.9. The molecular weight excluding hydrogens is 513 g/mol. The lowest BCUT2D eigenvalue weighted by atomic mass is 9.86. The molecule has 0 radical (unpaired) electrons. The maximum absolute atomic E-state index is 13.5. The highest BCUT2D eigenvalue weighted by Crippen LogP contribution is 2.45. The Labute approximate surface area is 236 Å². The van der Waals surface area contributed by atoms with Gasteiger partial charge in [0.25, 0.3) is 0 Å². The maximum Gasteiger partial charge on any atom is 0.132 e. The molecule has 1 saturated carbocycles. The predicted molar refractivity (Wildman–Crippen MR) is 155 cm³/mol. The van der Waals surface area contributed by atoms with Gasteiger partial charge in [0.15, 0.2) is 0 Å². The third-order valence-electron chi connectivity index (χ3n) is 7.93. The molecule has 0 spiro atoms. The molecule has 0 saturated heterocycles. The minimum absolute atomic E-state index is 0.254. The molecule has 6 heteroatoms. The summed E-state index contributed by atoms with van der Waals surface area (Å²) in [6.45, 7) is 5.79. The van der Waals surface area contributed by atoms with Crippen molar-refractivity contribution in [2.75, 3.05) is 11.9 Å². The van der Waals surface area contributed by atoms with Crippen LogP contribution < -0.4 is 10.1 Å². The summed E-state index contributed by atoms with van der Waals surface area (Å²) in [4.78, 5) is 0. The van der Waals surface area contributed by atoms with E-state index in [1.165, 1.54) is 44.2 Å². The van der Waals surface area contributed by atoms with E-state index in [1.807, 2.05) is 44.2 Å². The first kappa shape index (κ1) is 27.9. The molecule has 5 rings (SSSR count). The molecule has 1 N–H and O–H groups in total. The van der Waals surface area contributed by atoms with Crippen LogP contribution >= 0.6 is 11.6 Å². The SMILES string of the molecule is CC1(C)Oc2ccc(NCc3cccc(Cl)c3)cc2C(OCCC2CCCCC2)C1OCc1ccc(F)cc1. The molecule has 1 fully saturated rings. The van der Waals surface area contributed by atoms with Crippen molar-refractivity contribution in [1.82, 2.24) is 0 Å². The van der Waals surface area contributed by atoms with E-state index in [0.29, 0.717) is 19.8 Å². The Balaban J connectivity index is 1.36. The summed E-state index contributed by atoms with van der Waals surface area (Å²) in [5.74, 6) is 1.30. The second kappa shape index (κ2) is 12.7. The monoisotopic (exact) mass is 551 g/mol. The van der Waals surface area contributed by atoms with Crippen LogP contribution in [0.3, 0.4) is 0 Å². The van der Waals surface area contributed by atoms with Crippen LogP contribution in [-0.2, 0) is 22.6 Å². The summed E-state index contributed by atoms with van der Waals surface area (Å²) >= 11 is 6.18. The normalized spacial score (nSPS) is 20.7. The van der Waals surface area contributed by atoms with Gasteiger partial charge in [0.05, 0.1) is 6.61 Å². The molecule has 3 aromatic rings. The minimum Gasteiger partial charge on any atom is -0.485 e. The van der Waals surface area contributed by atoms with Crippen molar-refractivity contribution < 1.29 is 18.6 Å². The standard InChI is InChI=1S/C33H39ClFNO3/c1-33(2)32(38-22-24-11-13-27(35)14-12-24)31(37-18-17-23-7-4-3-5-8-23)29-20-28(15-16-30(29)39-33)36-21-25-9-6-10-26(34)19-25/h6,9-16,19-20,23,31-32,36H,3-5,7-8,17-18,21-22H2,1-2H3. The molecule has 1 heterocycles. The number of halogens is 2. The van der Waals surface area contributed by atoms with Crippen molar-refractivity contribution in [2.45, 2.75) is 83.3 Å². The Hall–Kier alpha value is -2.60. The molecule has 2 atom stereocenters. The highest BCUT2D eigenvalue weighted by atomic mass is 35.5. The number of fused-ring (bicyclic) bond motifs is 1. The van der Waals surface area contributed by atoms with Gasteiger partial charge in [-0.05, 0) is 79.8 Å². The lowest BCUT2D eigenvalue weighted by Crippen LogP contribution is -2.51. The van der Waals surface area contributed by atoms with Gasteiger partial charge in [0, 0.05) is 29.4 Å². The summed E-state index contributed by atoms with van der Waals surface area (Å²) in [6.07, 6.45) is 7.01. The van der Waals surface area contributed by atoms with Crippen molar-refractivity contribution in [1.29, 1.82) is 0 Å². The molecule has 3 aromatic carbocycles. The largest absolute Gasteiger partial charge is 0.485 e. The third-order valence-corrected chi connectivity index (χ3v) is 8.16. The van der Waals surface area contributed by atoms with E-state index in [0.717, 1.165) is 45.5 Å². The topological polar surface area (TPSA) is 39.7 Å². The Bertz CT molecular complexity index is 1230. The van der Waals surface area contributed by atoms with Crippen LogP contribution in [-0.4, -0.2) is 18.3 Å². The maximum atomic E-state index is 13.5. The lowest BCUT2D eigenvalue weighted by molar-refractivity contribution is -0.168. The van der Waals surface area contributed by atoms with Gasteiger partial charge in [0.1, 0.15) is 29.4 Å². The molecule has 0 aromatic heterocycles. The fourth-order valence-electron chi connectivity index (χ4n) is 5.76. The Kier molecular flexibility index (Phi) is 9.11. The van der Waals surface area contributed by atoms with Gasteiger partial charge in [0.2, 0.25) is 0 Å². The van der Waals surface area contributed by atoms with Crippen LogP contribution in [0.5, 0.6) is 5.75 Å². The molecule has 208 valence electrons. The van der Waals surface area contributed by atoms with Crippen molar-refractivity contribution >= 4 is 17.3 Å². The number of ether oxygens (including phenoxy) is 3. The fourth-order valence-corrected chi connectivity index (χ4v) is 5.98. The highest BCUT2D eigenvalue weighted by molar-refractivity contribution is 6.30. The van der Waals surface area contributed by atoms with Crippen LogP contribution in [0.15, 0.2) is 66.7 Å². The number of anilines is 1. The number of benzene rings is 3. The van der Waals surface area contributed by atoms with Gasteiger partial charge in [-0.3, -0.25) is 0 Å². The average Bonchev–Trinajstić information content (AvgIpc) is 2.93. The van der Waals surface area contributed by atoms with Crippen molar-refractivity contribution in [3.05, 3.63) is 94.3 Å². The molecule has 0 amide bonds. The van der Waals surface area contributed by atoms with E-state index in [-0.39, 0.29) is 18.0 Å². The van der Waals surface area contributed by atoms with Crippen LogP contribution in [0.1, 0.15) is 75.2 Å². The van der Waals surface area contributed by atoms with Gasteiger partial charge in [-0.15, -0.1) is 0 Å². The first-order valence-electron chi connectivity index (χ1n) is 14.2. The molecule has 4 nitrogen and oxygen atoms in total. The van der Waals surface area contributed by atoms with Crippen molar-refractivity contribution in [3.63, 3.8) is 0 Å². The fraction of sp³-hybridized carbons (Fsp3) is 0.455. The van der Waals surface area contributed by atoms with Gasteiger partial charge in [-0.2, -0.15) is 0 Å². The highest BCUT2D eigenvalue weighted by Gasteiger charge is 2.45. The summed E-state index contributed by atoms with van der Waals surface area (Å²) < 4.78 is 33.2. The van der Waals surface area contributed by atoms with Crippen LogP contribution in [0.4, 0.5) is 10.1 Å². The second-order valence-corrected chi connectivity index (χ2v) is 11.8. The van der Waals surface area contributed by atoms with Crippen LogP contribution in [0, 0.1) is 11.7 Å². The number of rotatable bonds is 10. The van der Waals surface area contributed by atoms with E-state index in [2.05, 4.69) is 17.4 Å². The molecular formula is C33H39ClFNO3. The van der Waals surface area contributed by atoms with E-state index >= 15 is 0 Å². The molecule has 39 heavy (non-hydrogen) atoms. The number of hydrogen-bond acceptors (Lipinski definition) is 4. The molecule has 2 aliphatic rings. The van der Waals surface area contributed by atoms with Crippen LogP contribution in [0.25, 0.3) is 0 Å². The van der Waals surface area contributed by atoms with Crippen molar-refractivity contribution in [3.8, 4) is 5.75 Å². The van der Waals surface area contributed by atoms with E-state index in [4.69, 9.17) is 25.8 Å². The third kappa shape index (κ3) is 7.33. The summed E-state index contributed by atoms with van der Waals surface area (Å²) in [5, 5.41) is 4.24. The summed E-state index contributed by atoms with van der Waals surface area (Å²) in [6, 6.07) is 20.5. The quantitative estimate of drug-likeness (QED) is 0.273. The molecule has 1 aliphatic heterocycles. The van der Waals surface area contributed by atoms with Gasteiger partial charge in [-0.1, -0.05) is 68.0 Å². The zero-order valence-corrected chi connectivity index (χ0v) is 23.7. The number of nitrogens with one attached hydrogen (secondary N) is 1. The summed E-state index contributed by atoms with van der Waals surface area (Å²) in [5.41, 5.74) is 3.38. The molecule has 1 aliphatic carbocycles. The minimum atomic E-state index is -0.613. The van der Waals surface area contributed by atoms with E-state index in [9.17, 15) is 4.39 Å². The molecule has 2 unspecified atom stereocenters. The first-order chi connectivity index (χ1) is 18.9. The second-order valence-electron chi connectivity index (χ2n) is 11.4. The zero-order chi connectivity index (χ0) is 27.2. The van der Waals surface area contributed by atoms with Gasteiger partial charge >= 0.3 is 0 Å². The van der Waals surface area contributed by atoms with Gasteiger partial charge < -0.3 is 19.5 Å². The Morgan fingerprint density at radius 3 is 2.51 bits per heavy atom. The smallest absolute Gasteiger partial charge is 0.132 e. The Morgan fingerprint density at radius 1 is 0.949 bits per heavy atom. The summed E-state index contributed by atoms with van der Waals surface area (Å²) in [7, 11) is 0. The Morgan fingerprint density at radius 2 is 1.74 bits per heavy atom. The lowest BCUT2D eigenvalue weighted by Gasteiger charge is -2.44. The van der Waals surface area contributed by atoms with Crippen molar-refractivity contribution in [2.24, 2.45) is 5.92 Å². The van der Waals surface area contributed by atoms with E-state index in [1.54, 1.807) is 12.1 Å². The molecule has 0 bridgehead atoms. The van der Waals surface area contributed by atoms with Gasteiger partial charge in [-0.25, -0.2) is 4.39 Å². The average molecular weight is 552 g/mol. The predicted octanol–water partition coefficient (Wildman–Crippen LogP) is 8.88. The number of hydrogen-bond donors (Lipinski definition) is 1.